The van der Waals surface area contributed by atoms with Crippen molar-refractivity contribution in [3.05, 3.63) is 0 Å². The number of rotatable bonds is 8. The Morgan fingerprint density at radius 3 is 2.10 bits per heavy atom. The highest BCUT2D eigenvalue weighted by atomic mass is 19.4. The van der Waals surface area contributed by atoms with Gasteiger partial charge in [-0.15, -0.1) is 0 Å². The van der Waals surface area contributed by atoms with Crippen molar-refractivity contribution in [1.82, 2.24) is 15.1 Å². The standard InChI is InChI=1S/C14H28F3N3/c1-3-5-13(18-6-4-2)11-19-7-9-20(10-8-19)12-14(15,16)17/h13,18H,3-12H2,1-2H3. The number of alkyl halides is 3. The van der Waals surface area contributed by atoms with E-state index >= 15 is 0 Å². The van der Waals surface area contributed by atoms with Crippen molar-refractivity contribution in [2.24, 2.45) is 0 Å². The van der Waals surface area contributed by atoms with E-state index in [-0.39, 0.29) is 0 Å². The van der Waals surface area contributed by atoms with Crippen molar-refractivity contribution in [3.63, 3.8) is 0 Å². The van der Waals surface area contributed by atoms with Gasteiger partial charge in [-0.05, 0) is 19.4 Å². The summed E-state index contributed by atoms with van der Waals surface area (Å²) in [6.45, 7) is 8.03. The molecule has 0 aliphatic carbocycles. The van der Waals surface area contributed by atoms with Crippen LogP contribution in [0.3, 0.4) is 0 Å². The molecule has 1 saturated heterocycles. The van der Waals surface area contributed by atoms with Crippen molar-refractivity contribution in [1.29, 1.82) is 0 Å². The zero-order chi connectivity index (χ0) is 15.0. The summed E-state index contributed by atoms with van der Waals surface area (Å²) in [6.07, 6.45) is -0.701. The van der Waals surface area contributed by atoms with E-state index in [1.807, 2.05) is 0 Å². The van der Waals surface area contributed by atoms with Crippen LogP contribution in [0.2, 0.25) is 0 Å². The fraction of sp³-hybridized carbons (Fsp3) is 1.00. The highest BCUT2D eigenvalue weighted by Crippen LogP contribution is 2.17. The molecule has 0 spiro atoms. The van der Waals surface area contributed by atoms with E-state index in [4.69, 9.17) is 0 Å². The molecule has 0 radical (unpaired) electrons. The molecule has 3 nitrogen and oxygen atoms in total. The molecule has 0 aromatic carbocycles. The summed E-state index contributed by atoms with van der Waals surface area (Å²) < 4.78 is 37.0. The molecule has 1 aliphatic heterocycles. The van der Waals surface area contributed by atoms with Gasteiger partial charge in [0.25, 0.3) is 0 Å². The lowest BCUT2D eigenvalue weighted by Gasteiger charge is -2.36. The molecule has 6 heteroatoms. The van der Waals surface area contributed by atoms with E-state index in [9.17, 15) is 13.2 Å². The Kier molecular flexibility index (Phi) is 7.84. The summed E-state index contributed by atoms with van der Waals surface area (Å²) in [4.78, 5) is 3.79. The molecule has 1 fully saturated rings. The normalized spacial score (nSPS) is 20.2. The molecular formula is C14H28F3N3. The van der Waals surface area contributed by atoms with Crippen LogP contribution < -0.4 is 5.32 Å². The maximum absolute atomic E-state index is 12.3. The zero-order valence-electron chi connectivity index (χ0n) is 12.7. The van der Waals surface area contributed by atoms with Crippen LogP contribution in [0.15, 0.2) is 0 Å². The Hall–Kier alpha value is -0.330. The summed E-state index contributed by atoms with van der Waals surface area (Å²) in [5, 5.41) is 3.53. The first-order valence-electron chi connectivity index (χ1n) is 7.69. The molecular weight excluding hydrogens is 267 g/mol. The summed E-state index contributed by atoms with van der Waals surface area (Å²) in [5.41, 5.74) is 0. The minimum Gasteiger partial charge on any atom is -0.313 e. The van der Waals surface area contributed by atoms with Gasteiger partial charge in [0.15, 0.2) is 0 Å². The van der Waals surface area contributed by atoms with E-state index in [2.05, 4.69) is 24.1 Å². The summed E-state index contributed by atoms with van der Waals surface area (Å²) in [5.74, 6) is 0. The van der Waals surface area contributed by atoms with Crippen molar-refractivity contribution in [2.45, 2.75) is 45.3 Å². The van der Waals surface area contributed by atoms with Gasteiger partial charge in [0, 0.05) is 38.8 Å². The largest absolute Gasteiger partial charge is 0.401 e. The lowest BCUT2D eigenvalue weighted by Crippen LogP contribution is -2.52. The van der Waals surface area contributed by atoms with Gasteiger partial charge >= 0.3 is 6.18 Å². The molecule has 0 aromatic rings. The molecule has 1 unspecified atom stereocenters. The molecule has 120 valence electrons. The molecule has 1 aliphatic rings. The first-order valence-corrected chi connectivity index (χ1v) is 7.69. The van der Waals surface area contributed by atoms with Crippen molar-refractivity contribution >= 4 is 0 Å². The van der Waals surface area contributed by atoms with E-state index in [0.29, 0.717) is 19.1 Å². The van der Waals surface area contributed by atoms with Gasteiger partial charge in [0.2, 0.25) is 0 Å². The Balaban J connectivity index is 2.29. The number of hydrogen-bond donors (Lipinski definition) is 1. The van der Waals surface area contributed by atoms with Crippen LogP contribution in [0.5, 0.6) is 0 Å². The van der Waals surface area contributed by atoms with Crippen LogP contribution in [0.4, 0.5) is 13.2 Å². The predicted molar refractivity (Wildman–Crippen MR) is 75.9 cm³/mol. The lowest BCUT2D eigenvalue weighted by molar-refractivity contribution is -0.149. The molecule has 1 N–H and O–H groups in total. The van der Waals surface area contributed by atoms with Crippen LogP contribution in [0, 0.1) is 0 Å². The van der Waals surface area contributed by atoms with Crippen molar-refractivity contribution in [2.75, 3.05) is 45.8 Å². The highest BCUT2D eigenvalue weighted by Gasteiger charge is 2.32. The molecule has 1 atom stereocenters. The molecule has 0 aromatic heterocycles. The molecule has 20 heavy (non-hydrogen) atoms. The fourth-order valence-electron chi connectivity index (χ4n) is 2.65. The second-order valence-corrected chi connectivity index (χ2v) is 5.63. The van der Waals surface area contributed by atoms with Crippen molar-refractivity contribution < 1.29 is 13.2 Å². The third-order valence-electron chi connectivity index (χ3n) is 3.67. The predicted octanol–water partition coefficient (Wildman–Crippen LogP) is 2.33. The topological polar surface area (TPSA) is 18.5 Å². The van der Waals surface area contributed by atoms with Gasteiger partial charge in [-0.2, -0.15) is 13.2 Å². The van der Waals surface area contributed by atoms with Gasteiger partial charge in [0.1, 0.15) is 0 Å². The van der Waals surface area contributed by atoms with Gasteiger partial charge in [-0.3, -0.25) is 9.80 Å². The average molecular weight is 295 g/mol. The Morgan fingerprint density at radius 1 is 1.00 bits per heavy atom. The second kappa shape index (κ2) is 8.85. The summed E-state index contributed by atoms with van der Waals surface area (Å²) >= 11 is 0. The lowest BCUT2D eigenvalue weighted by atomic mass is 10.1. The quantitative estimate of drug-likeness (QED) is 0.741. The average Bonchev–Trinajstić information content (AvgIpc) is 2.37. The third-order valence-corrected chi connectivity index (χ3v) is 3.67. The minimum absolute atomic E-state index is 0.467. The second-order valence-electron chi connectivity index (χ2n) is 5.63. The smallest absolute Gasteiger partial charge is 0.313 e. The Bertz CT molecular complexity index is 251. The SMILES string of the molecule is CCCNC(CCC)CN1CCN(CC(F)(F)F)CC1. The van der Waals surface area contributed by atoms with Crippen LogP contribution >= 0.6 is 0 Å². The fourth-order valence-corrected chi connectivity index (χ4v) is 2.65. The molecule has 0 bridgehead atoms. The monoisotopic (exact) mass is 295 g/mol. The van der Waals surface area contributed by atoms with E-state index < -0.39 is 12.7 Å². The van der Waals surface area contributed by atoms with Gasteiger partial charge in [0.05, 0.1) is 6.54 Å². The maximum atomic E-state index is 12.3. The van der Waals surface area contributed by atoms with Crippen LogP contribution in [-0.4, -0.2) is 67.8 Å². The maximum Gasteiger partial charge on any atom is 0.401 e. The molecule has 0 saturated carbocycles. The van der Waals surface area contributed by atoms with E-state index in [1.54, 1.807) is 0 Å². The summed E-state index contributed by atoms with van der Waals surface area (Å²) in [6, 6.07) is 0.467. The highest BCUT2D eigenvalue weighted by molar-refractivity contribution is 4.78. The Labute approximate surface area is 120 Å². The first kappa shape index (κ1) is 17.7. The van der Waals surface area contributed by atoms with Crippen LogP contribution in [0.25, 0.3) is 0 Å². The number of nitrogens with one attached hydrogen (secondary N) is 1. The number of nitrogens with zero attached hydrogens (tertiary/aromatic N) is 2. The Morgan fingerprint density at radius 2 is 1.60 bits per heavy atom. The van der Waals surface area contributed by atoms with Gasteiger partial charge in [-0.1, -0.05) is 20.3 Å². The number of halogens is 3. The number of piperazine rings is 1. The van der Waals surface area contributed by atoms with Crippen LogP contribution in [-0.2, 0) is 0 Å². The van der Waals surface area contributed by atoms with Gasteiger partial charge in [-0.25, -0.2) is 0 Å². The zero-order valence-corrected chi connectivity index (χ0v) is 12.7. The molecule has 0 amide bonds. The van der Waals surface area contributed by atoms with Crippen LogP contribution in [0.1, 0.15) is 33.1 Å². The van der Waals surface area contributed by atoms with Crippen molar-refractivity contribution in [3.8, 4) is 0 Å². The van der Waals surface area contributed by atoms with E-state index in [0.717, 1.165) is 45.4 Å². The molecule has 1 heterocycles. The van der Waals surface area contributed by atoms with E-state index in [1.165, 1.54) is 4.90 Å². The number of hydrogen-bond acceptors (Lipinski definition) is 3. The third kappa shape index (κ3) is 7.45. The first-order chi connectivity index (χ1) is 9.44. The summed E-state index contributed by atoms with van der Waals surface area (Å²) in [7, 11) is 0. The van der Waals surface area contributed by atoms with Gasteiger partial charge < -0.3 is 5.32 Å². The minimum atomic E-state index is -4.07. The molecule has 1 rings (SSSR count).